The Labute approximate surface area is 109 Å². The van der Waals surface area contributed by atoms with Gasteiger partial charge in [0, 0.05) is 12.3 Å². The van der Waals surface area contributed by atoms with E-state index >= 15 is 0 Å². The Morgan fingerprint density at radius 1 is 1.42 bits per heavy atom. The molecule has 0 aliphatic carbocycles. The molecule has 0 amide bonds. The average molecular weight is 270 g/mol. The summed E-state index contributed by atoms with van der Waals surface area (Å²) in [6.07, 6.45) is -3.81. The number of hydrogen-bond donors (Lipinski definition) is 1. The van der Waals surface area contributed by atoms with E-state index in [1.165, 1.54) is 12.1 Å². The van der Waals surface area contributed by atoms with Gasteiger partial charge in [-0.3, -0.25) is 0 Å². The fourth-order valence-electron chi connectivity index (χ4n) is 2.10. The van der Waals surface area contributed by atoms with Crippen LogP contribution in [0.2, 0.25) is 0 Å². The minimum atomic E-state index is -4.53. The van der Waals surface area contributed by atoms with E-state index in [0.717, 1.165) is 12.5 Å². The molecule has 19 heavy (non-hydrogen) atoms. The Bertz CT molecular complexity index is 508. The maximum Gasteiger partial charge on any atom is 0.417 e. The summed E-state index contributed by atoms with van der Waals surface area (Å²) in [5.41, 5.74) is -0.922. The lowest BCUT2D eigenvalue weighted by Crippen LogP contribution is -2.26. The summed E-state index contributed by atoms with van der Waals surface area (Å²) in [5, 5.41) is 11.7. The molecule has 102 valence electrons. The van der Waals surface area contributed by atoms with Crippen LogP contribution < -0.4 is 5.32 Å². The molecule has 0 radical (unpaired) electrons. The second-order valence-corrected chi connectivity index (χ2v) is 4.49. The molecule has 1 aliphatic heterocycles. The highest BCUT2D eigenvalue weighted by Gasteiger charge is 2.34. The van der Waals surface area contributed by atoms with Crippen molar-refractivity contribution in [2.45, 2.75) is 31.7 Å². The van der Waals surface area contributed by atoms with Gasteiger partial charge in [-0.25, -0.2) is 0 Å². The molecule has 3 nitrogen and oxygen atoms in total. The number of ether oxygens (including phenoxy) is 1. The average Bonchev–Trinajstić information content (AvgIpc) is 2.74. The van der Waals surface area contributed by atoms with Crippen LogP contribution in [0.1, 0.15) is 24.5 Å². The molecule has 6 heteroatoms. The zero-order chi connectivity index (χ0) is 14.0. The maximum atomic E-state index is 12.8. The van der Waals surface area contributed by atoms with Gasteiger partial charge in [-0.15, -0.1) is 0 Å². The molecule has 0 spiro atoms. The summed E-state index contributed by atoms with van der Waals surface area (Å²) in [6.45, 7) is 2.47. The van der Waals surface area contributed by atoms with Crippen LogP contribution in [-0.2, 0) is 10.9 Å². The second-order valence-electron chi connectivity index (χ2n) is 4.49. The molecule has 1 aliphatic rings. The number of halogens is 3. The van der Waals surface area contributed by atoms with Crippen LogP contribution in [0.3, 0.4) is 0 Å². The number of nitrogens with zero attached hydrogens (tertiary/aromatic N) is 1. The third kappa shape index (κ3) is 2.99. The first-order chi connectivity index (χ1) is 8.91. The minimum absolute atomic E-state index is 0.00554. The molecular weight excluding hydrogens is 257 g/mol. The van der Waals surface area contributed by atoms with E-state index in [-0.39, 0.29) is 17.7 Å². The van der Waals surface area contributed by atoms with Crippen molar-refractivity contribution in [1.29, 1.82) is 5.26 Å². The van der Waals surface area contributed by atoms with Crippen molar-refractivity contribution in [3.05, 3.63) is 29.3 Å². The van der Waals surface area contributed by atoms with Crippen LogP contribution in [0.15, 0.2) is 18.2 Å². The molecule has 1 fully saturated rings. The SMILES string of the molecule is CC1OCCC1Nc1ccc(C#N)c(C(F)(F)F)c1. The number of alkyl halides is 3. The zero-order valence-electron chi connectivity index (χ0n) is 10.3. The van der Waals surface area contributed by atoms with Crippen molar-refractivity contribution in [3.63, 3.8) is 0 Å². The van der Waals surface area contributed by atoms with Gasteiger partial charge in [0.25, 0.3) is 0 Å². The quantitative estimate of drug-likeness (QED) is 0.897. The number of anilines is 1. The lowest BCUT2D eigenvalue weighted by atomic mass is 10.1. The van der Waals surface area contributed by atoms with E-state index < -0.39 is 11.7 Å². The van der Waals surface area contributed by atoms with Gasteiger partial charge in [-0.2, -0.15) is 18.4 Å². The van der Waals surface area contributed by atoms with Gasteiger partial charge in [0.05, 0.1) is 29.3 Å². The summed E-state index contributed by atoms with van der Waals surface area (Å²) in [4.78, 5) is 0. The smallest absolute Gasteiger partial charge is 0.380 e. The van der Waals surface area contributed by atoms with Crippen LogP contribution in [0.4, 0.5) is 18.9 Å². The van der Waals surface area contributed by atoms with E-state index in [9.17, 15) is 13.2 Å². The monoisotopic (exact) mass is 270 g/mol. The van der Waals surface area contributed by atoms with Crippen LogP contribution in [-0.4, -0.2) is 18.8 Å². The van der Waals surface area contributed by atoms with Gasteiger partial charge in [-0.1, -0.05) is 0 Å². The first-order valence-electron chi connectivity index (χ1n) is 5.91. The van der Waals surface area contributed by atoms with Crippen molar-refractivity contribution in [1.82, 2.24) is 0 Å². The lowest BCUT2D eigenvalue weighted by molar-refractivity contribution is -0.137. The maximum absolute atomic E-state index is 12.8. The fourth-order valence-corrected chi connectivity index (χ4v) is 2.10. The van der Waals surface area contributed by atoms with E-state index in [4.69, 9.17) is 10.00 Å². The molecule has 1 aromatic rings. The Kier molecular flexibility index (Phi) is 3.67. The normalized spacial score (nSPS) is 23.1. The van der Waals surface area contributed by atoms with E-state index in [0.29, 0.717) is 12.3 Å². The Morgan fingerprint density at radius 3 is 2.68 bits per heavy atom. The molecular formula is C13H13F3N2O. The lowest BCUT2D eigenvalue weighted by Gasteiger charge is -2.18. The first kappa shape index (κ1) is 13.7. The predicted molar refractivity (Wildman–Crippen MR) is 63.6 cm³/mol. The van der Waals surface area contributed by atoms with Crippen molar-refractivity contribution < 1.29 is 17.9 Å². The third-order valence-electron chi connectivity index (χ3n) is 3.17. The van der Waals surface area contributed by atoms with Crippen LogP contribution in [0.5, 0.6) is 0 Å². The standard InChI is InChI=1S/C13H13F3N2O/c1-8-12(4-5-19-8)18-10-3-2-9(7-17)11(6-10)13(14,15)16/h2-3,6,8,12,18H,4-5H2,1H3. The molecule has 2 unspecified atom stereocenters. The first-order valence-corrected chi connectivity index (χ1v) is 5.91. The number of hydrogen-bond acceptors (Lipinski definition) is 3. The largest absolute Gasteiger partial charge is 0.417 e. The van der Waals surface area contributed by atoms with Gasteiger partial charge >= 0.3 is 6.18 Å². The highest BCUT2D eigenvalue weighted by Crippen LogP contribution is 2.34. The van der Waals surface area contributed by atoms with Crippen molar-refractivity contribution in [2.75, 3.05) is 11.9 Å². The number of rotatable bonds is 2. The van der Waals surface area contributed by atoms with Gasteiger partial charge in [0.15, 0.2) is 0 Å². The number of benzene rings is 1. The summed E-state index contributed by atoms with van der Waals surface area (Å²) < 4.78 is 43.7. The number of nitrogens with one attached hydrogen (secondary N) is 1. The molecule has 1 heterocycles. The van der Waals surface area contributed by atoms with Crippen molar-refractivity contribution >= 4 is 5.69 Å². The summed E-state index contributed by atoms with van der Waals surface area (Å²) in [7, 11) is 0. The molecule has 2 atom stereocenters. The Morgan fingerprint density at radius 2 is 2.16 bits per heavy atom. The molecule has 0 bridgehead atoms. The Hall–Kier alpha value is -1.74. The predicted octanol–water partition coefficient (Wildman–Crippen LogP) is 3.17. The van der Waals surface area contributed by atoms with E-state index in [1.807, 2.05) is 6.92 Å². The molecule has 1 aromatic carbocycles. The third-order valence-corrected chi connectivity index (χ3v) is 3.17. The Balaban J connectivity index is 2.26. The number of nitriles is 1. The highest BCUT2D eigenvalue weighted by atomic mass is 19.4. The molecule has 1 saturated heterocycles. The van der Waals surface area contributed by atoms with Crippen molar-refractivity contribution in [3.8, 4) is 6.07 Å². The van der Waals surface area contributed by atoms with Crippen molar-refractivity contribution in [2.24, 2.45) is 0 Å². The van der Waals surface area contributed by atoms with Gasteiger partial charge in [-0.05, 0) is 31.5 Å². The van der Waals surface area contributed by atoms with Gasteiger partial charge < -0.3 is 10.1 Å². The molecule has 2 rings (SSSR count). The van der Waals surface area contributed by atoms with Crippen LogP contribution >= 0.6 is 0 Å². The second kappa shape index (κ2) is 5.10. The highest BCUT2D eigenvalue weighted by molar-refractivity contribution is 5.53. The zero-order valence-corrected chi connectivity index (χ0v) is 10.3. The molecule has 0 saturated carbocycles. The molecule has 0 aromatic heterocycles. The van der Waals surface area contributed by atoms with Gasteiger partial charge in [0.2, 0.25) is 0 Å². The van der Waals surface area contributed by atoms with Crippen LogP contribution in [0, 0.1) is 11.3 Å². The summed E-state index contributed by atoms with van der Waals surface area (Å²) >= 11 is 0. The summed E-state index contributed by atoms with van der Waals surface area (Å²) in [5.74, 6) is 0. The van der Waals surface area contributed by atoms with E-state index in [1.54, 1.807) is 6.07 Å². The minimum Gasteiger partial charge on any atom is -0.380 e. The summed E-state index contributed by atoms with van der Waals surface area (Å²) in [6, 6.07) is 5.20. The molecule has 1 N–H and O–H groups in total. The van der Waals surface area contributed by atoms with E-state index in [2.05, 4.69) is 5.32 Å². The fraction of sp³-hybridized carbons (Fsp3) is 0.462. The van der Waals surface area contributed by atoms with Crippen LogP contribution in [0.25, 0.3) is 0 Å². The van der Waals surface area contributed by atoms with Gasteiger partial charge in [0.1, 0.15) is 0 Å². The topological polar surface area (TPSA) is 45.0 Å².